The molecule has 0 saturated carbocycles. The predicted molar refractivity (Wildman–Crippen MR) is 72.1 cm³/mol. The van der Waals surface area contributed by atoms with Crippen LogP contribution in [0.25, 0.3) is 0 Å². The maximum atomic E-state index is 13.1. The van der Waals surface area contributed by atoms with Gasteiger partial charge in [0, 0.05) is 25.8 Å². The highest BCUT2D eigenvalue weighted by molar-refractivity contribution is 9.10. The van der Waals surface area contributed by atoms with Crippen molar-refractivity contribution >= 4 is 21.8 Å². The summed E-state index contributed by atoms with van der Waals surface area (Å²) in [5.74, 6) is -0.662. The van der Waals surface area contributed by atoms with Crippen LogP contribution in [-0.2, 0) is 4.74 Å². The van der Waals surface area contributed by atoms with E-state index in [1.807, 2.05) is 6.07 Å². The fourth-order valence-electron chi connectivity index (χ4n) is 1.51. The van der Waals surface area contributed by atoms with Crippen LogP contribution in [0.2, 0.25) is 0 Å². The Kier molecular flexibility index (Phi) is 6.46. The van der Waals surface area contributed by atoms with Crippen molar-refractivity contribution in [1.29, 1.82) is 5.26 Å². The molecule has 0 aromatic heterocycles. The fourth-order valence-corrected chi connectivity index (χ4v) is 1.89. The van der Waals surface area contributed by atoms with Gasteiger partial charge in [-0.25, -0.2) is 4.39 Å². The SMILES string of the molecule is COCCN(CCC#N)C(=O)c1ccc(F)c(Br)c1. The lowest BCUT2D eigenvalue weighted by Gasteiger charge is -2.21. The molecule has 0 N–H and O–H groups in total. The Hall–Kier alpha value is -1.45. The molecule has 0 aliphatic rings. The highest BCUT2D eigenvalue weighted by Crippen LogP contribution is 2.18. The third-order valence-electron chi connectivity index (χ3n) is 2.51. The van der Waals surface area contributed by atoms with E-state index in [1.165, 1.54) is 23.1 Å². The first-order valence-corrected chi connectivity index (χ1v) is 6.49. The topological polar surface area (TPSA) is 53.3 Å². The number of nitriles is 1. The molecule has 0 heterocycles. The molecule has 1 aromatic carbocycles. The van der Waals surface area contributed by atoms with E-state index in [0.29, 0.717) is 25.3 Å². The maximum Gasteiger partial charge on any atom is 0.254 e. The van der Waals surface area contributed by atoms with Gasteiger partial charge in [-0.3, -0.25) is 4.79 Å². The molecule has 0 spiro atoms. The number of nitrogens with zero attached hydrogens (tertiary/aromatic N) is 2. The van der Waals surface area contributed by atoms with Crippen molar-refractivity contribution in [3.8, 4) is 6.07 Å². The summed E-state index contributed by atoms with van der Waals surface area (Å²) in [5, 5.41) is 8.60. The zero-order chi connectivity index (χ0) is 14.3. The van der Waals surface area contributed by atoms with Crippen molar-refractivity contribution in [2.45, 2.75) is 6.42 Å². The number of hydrogen-bond acceptors (Lipinski definition) is 3. The lowest BCUT2D eigenvalue weighted by molar-refractivity contribution is 0.0699. The molecule has 0 fully saturated rings. The fraction of sp³-hybridized carbons (Fsp3) is 0.385. The first kappa shape index (κ1) is 15.6. The van der Waals surface area contributed by atoms with Gasteiger partial charge in [-0.05, 0) is 34.1 Å². The lowest BCUT2D eigenvalue weighted by atomic mass is 10.2. The second-order valence-corrected chi connectivity index (χ2v) is 4.68. The molecule has 1 rings (SSSR count). The number of methoxy groups -OCH3 is 1. The third-order valence-corrected chi connectivity index (χ3v) is 3.12. The monoisotopic (exact) mass is 328 g/mol. The summed E-state index contributed by atoms with van der Waals surface area (Å²) in [5.41, 5.74) is 0.377. The minimum absolute atomic E-state index is 0.241. The summed E-state index contributed by atoms with van der Waals surface area (Å²) in [7, 11) is 1.54. The Balaban J connectivity index is 2.84. The van der Waals surface area contributed by atoms with Crippen LogP contribution in [0.1, 0.15) is 16.8 Å². The van der Waals surface area contributed by atoms with Crippen LogP contribution in [0.15, 0.2) is 22.7 Å². The van der Waals surface area contributed by atoms with Crippen LogP contribution in [-0.4, -0.2) is 37.6 Å². The van der Waals surface area contributed by atoms with Gasteiger partial charge in [0.05, 0.1) is 23.6 Å². The molecule has 0 aliphatic heterocycles. The molecule has 0 aliphatic carbocycles. The highest BCUT2D eigenvalue weighted by atomic mass is 79.9. The largest absolute Gasteiger partial charge is 0.383 e. The molecule has 6 heteroatoms. The van der Waals surface area contributed by atoms with Gasteiger partial charge in [0.25, 0.3) is 5.91 Å². The summed E-state index contributed by atoms with van der Waals surface area (Å²) in [6, 6.07) is 6.09. The van der Waals surface area contributed by atoms with E-state index in [4.69, 9.17) is 10.00 Å². The van der Waals surface area contributed by atoms with Crippen LogP contribution in [0, 0.1) is 17.1 Å². The maximum absolute atomic E-state index is 13.1. The highest BCUT2D eigenvalue weighted by Gasteiger charge is 2.16. The number of halogens is 2. The Morgan fingerprint density at radius 2 is 2.26 bits per heavy atom. The molecule has 4 nitrogen and oxygen atoms in total. The van der Waals surface area contributed by atoms with Crippen molar-refractivity contribution in [3.63, 3.8) is 0 Å². The first-order valence-electron chi connectivity index (χ1n) is 5.70. The van der Waals surface area contributed by atoms with E-state index in [1.54, 1.807) is 7.11 Å². The minimum atomic E-state index is -0.419. The Morgan fingerprint density at radius 1 is 1.53 bits per heavy atom. The molecule has 0 bridgehead atoms. The number of amides is 1. The summed E-state index contributed by atoms with van der Waals surface area (Å²) in [4.78, 5) is 13.8. The molecule has 0 radical (unpaired) electrons. The third kappa shape index (κ3) is 4.62. The molecule has 1 aromatic rings. The molecule has 19 heavy (non-hydrogen) atoms. The standard InChI is InChI=1S/C13H14BrFN2O2/c1-19-8-7-17(6-2-5-16)13(18)10-3-4-12(15)11(14)9-10/h3-4,9H,2,6-8H2,1H3. The first-order chi connectivity index (χ1) is 9.10. The number of rotatable bonds is 6. The van der Waals surface area contributed by atoms with E-state index in [-0.39, 0.29) is 16.8 Å². The second kappa shape index (κ2) is 7.87. The molecule has 0 unspecified atom stereocenters. The molecule has 0 atom stereocenters. The molecular formula is C13H14BrFN2O2. The zero-order valence-corrected chi connectivity index (χ0v) is 12.1. The van der Waals surface area contributed by atoms with Crippen molar-refractivity contribution in [3.05, 3.63) is 34.1 Å². The summed E-state index contributed by atoms with van der Waals surface area (Å²) < 4.78 is 18.3. The zero-order valence-electron chi connectivity index (χ0n) is 10.5. The smallest absolute Gasteiger partial charge is 0.254 e. The van der Waals surface area contributed by atoms with Gasteiger partial charge in [-0.15, -0.1) is 0 Å². The van der Waals surface area contributed by atoms with E-state index < -0.39 is 5.82 Å². The average molecular weight is 329 g/mol. The minimum Gasteiger partial charge on any atom is -0.383 e. The average Bonchev–Trinajstić information content (AvgIpc) is 2.41. The van der Waals surface area contributed by atoms with Crippen molar-refractivity contribution in [2.24, 2.45) is 0 Å². The molecule has 1 amide bonds. The predicted octanol–water partition coefficient (Wildman–Crippen LogP) is 2.59. The molecule has 102 valence electrons. The van der Waals surface area contributed by atoms with Crippen LogP contribution < -0.4 is 0 Å². The number of benzene rings is 1. The van der Waals surface area contributed by atoms with Crippen molar-refractivity contribution in [1.82, 2.24) is 4.90 Å². The summed E-state index contributed by atoms with van der Waals surface area (Å²) >= 11 is 3.05. The number of ether oxygens (including phenoxy) is 1. The van der Waals surface area contributed by atoms with E-state index >= 15 is 0 Å². The van der Waals surface area contributed by atoms with Gasteiger partial charge >= 0.3 is 0 Å². The number of carbonyl (C=O) groups excluding carboxylic acids is 1. The molecule has 0 saturated heterocycles. The summed E-state index contributed by atoms with van der Waals surface area (Å²) in [6.45, 7) is 1.11. The summed E-state index contributed by atoms with van der Waals surface area (Å²) in [6.07, 6.45) is 0.248. The Bertz CT molecular complexity index is 488. The van der Waals surface area contributed by atoms with Gasteiger partial charge < -0.3 is 9.64 Å². The van der Waals surface area contributed by atoms with Gasteiger partial charge in [0.1, 0.15) is 5.82 Å². The second-order valence-electron chi connectivity index (χ2n) is 3.82. The van der Waals surface area contributed by atoms with E-state index in [0.717, 1.165) is 0 Å². The van der Waals surface area contributed by atoms with E-state index in [9.17, 15) is 9.18 Å². The van der Waals surface area contributed by atoms with Gasteiger partial charge in [0.15, 0.2) is 0 Å². The van der Waals surface area contributed by atoms with Gasteiger partial charge in [0.2, 0.25) is 0 Å². The normalized spacial score (nSPS) is 10.0. The van der Waals surface area contributed by atoms with Crippen LogP contribution in [0.5, 0.6) is 0 Å². The Morgan fingerprint density at radius 3 is 2.84 bits per heavy atom. The van der Waals surface area contributed by atoms with Crippen LogP contribution in [0.4, 0.5) is 4.39 Å². The molecular weight excluding hydrogens is 315 g/mol. The van der Waals surface area contributed by atoms with Crippen LogP contribution in [0.3, 0.4) is 0 Å². The Labute approximate surface area is 119 Å². The number of carbonyl (C=O) groups is 1. The quantitative estimate of drug-likeness (QED) is 0.806. The van der Waals surface area contributed by atoms with Crippen LogP contribution >= 0.6 is 15.9 Å². The lowest BCUT2D eigenvalue weighted by Crippen LogP contribution is -2.34. The van der Waals surface area contributed by atoms with Gasteiger partial charge in [-0.2, -0.15) is 5.26 Å². The number of hydrogen-bond donors (Lipinski definition) is 0. The van der Waals surface area contributed by atoms with Crippen molar-refractivity contribution in [2.75, 3.05) is 26.8 Å². The van der Waals surface area contributed by atoms with E-state index in [2.05, 4.69) is 15.9 Å². The van der Waals surface area contributed by atoms with Crippen molar-refractivity contribution < 1.29 is 13.9 Å². The van der Waals surface area contributed by atoms with Gasteiger partial charge in [-0.1, -0.05) is 0 Å².